The van der Waals surface area contributed by atoms with Gasteiger partial charge in [-0.1, -0.05) is 72.8 Å². The van der Waals surface area contributed by atoms with Crippen LogP contribution in [-0.4, -0.2) is 47.1 Å². The normalized spacial score (nSPS) is 15.7. The standard InChI is InChI=1S/C36H32FN5O2/c37-33-13-7-6-11-30(33)32-22-26-23-38-35(40-34(26)31-12-5-4-10-29(31)32)39-27-14-16-28(17-15-27)41-18-20-42(21-19-41)36(43)44-24-25-8-2-1-3-9-25/h1-17,23,32H,18-22,24H2,(H,38,39,40)/t32-/m1/s1. The molecule has 1 aliphatic carbocycles. The summed E-state index contributed by atoms with van der Waals surface area (Å²) in [5.74, 6) is 0.233. The number of benzene rings is 4. The highest BCUT2D eigenvalue weighted by Crippen LogP contribution is 2.42. The number of hydrogen-bond acceptors (Lipinski definition) is 6. The number of carbonyl (C=O) groups excluding carboxylic acids is 1. The van der Waals surface area contributed by atoms with Crippen molar-refractivity contribution in [3.63, 3.8) is 0 Å². The van der Waals surface area contributed by atoms with E-state index >= 15 is 0 Å². The quantitative estimate of drug-likeness (QED) is 0.228. The molecule has 0 spiro atoms. The summed E-state index contributed by atoms with van der Waals surface area (Å²) in [6.45, 7) is 2.96. The van der Waals surface area contributed by atoms with E-state index in [-0.39, 0.29) is 24.4 Å². The molecule has 1 fully saturated rings. The molecule has 0 unspecified atom stereocenters. The van der Waals surface area contributed by atoms with Crippen LogP contribution in [0.15, 0.2) is 109 Å². The van der Waals surface area contributed by atoms with Gasteiger partial charge in [0, 0.05) is 55.2 Å². The second-order valence-electron chi connectivity index (χ2n) is 11.1. The smallest absolute Gasteiger partial charge is 0.410 e. The Balaban J connectivity index is 0.992. The summed E-state index contributed by atoms with van der Waals surface area (Å²) in [5, 5.41) is 3.35. The Morgan fingerprint density at radius 3 is 2.32 bits per heavy atom. The summed E-state index contributed by atoms with van der Waals surface area (Å²) in [7, 11) is 0. The summed E-state index contributed by atoms with van der Waals surface area (Å²) >= 11 is 0. The van der Waals surface area contributed by atoms with Crippen LogP contribution in [0.1, 0.15) is 28.2 Å². The summed E-state index contributed by atoms with van der Waals surface area (Å²) in [4.78, 5) is 26.1. The van der Waals surface area contributed by atoms with Crippen molar-refractivity contribution in [2.24, 2.45) is 0 Å². The van der Waals surface area contributed by atoms with Crippen LogP contribution >= 0.6 is 0 Å². The van der Waals surface area contributed by atoms with Gasteiger partial charge in [-0.25, -0.2) is 19.2 Å². The first-order valence-electron chi connectivity index (χ1n) is 14.9. The van der Waals surface area contributed by atoms with Gasteiger partial charge in [0.25, 0.3) is 0 Å². The lowest BCUT2D eigenvalue weighted by Crippen LogP contribution is -2.48. The van der Waals surface area contributed by atoms with Gasteiger partial charge in [0.15, 0.2) is 0 Å². The van der Waals surface area contributed by atoms with Crippen LogP contribution in [0.5, 0.6) is 0 Å². The summed E-state index contributed by atoms with van der Waals surface area (Å²) in [6, 6.07) is 33.0. The highest BCUT2D eigenvalue weighted by molar-refractivity contribution is 5.73. The maximum Gasteiger partial charge on any atom is 0.410 e. The van der Waals surface area contributed by atoms with Gasteiger partial charge in [-0.05, 0) is 59.0 Å². The molecule has 4 aromatic carbocycles. The molecule has 1 amide bonds. The Hall–Kier alpha value is -5.24. The number of halogens is 1. The van der Waals surface area contributed by atoms with Crippen molar-refractivity contribution in [2.75, 3.05) is 36.4 Å². The van der Waals surface area contributed by atoms with Crippen molar-refractivity contribution in [3.8, 4) is 11.3 Å². The van der Waals surface area contributed by atoms with Crippen LogP contribution in [0, 0.1) is 5.82 Å². The van der Waals surface area contributed by atoms with E-state index in [1.807, 2.05) is 72.9 Å². The number of ether oxygens (including phenoxy) is 1. The van der Waals surface area contributed by atoms with Crippen LogP contribution in [-0.2, 0) is 17.8 Å². The molecular formula is C36H32FN5O2. The van der Waals surface area contributed by atoms with E-state index in [4.69, 9.17) is 9.72 Å². The van der Waals surface area contributed by atoms with Gasteiger partial charge in [0.05, 0.1) is 5.69 Å². The minimum absolute atomic E-state index is 0.0864. The Morgan fingerprint density at radius 1 is 0.841 bits per heavy atom. The van der Waals surface area contributed by atoms with Crippen LogP contribution in [0.4, 0.5) is 26.5 Å². The third kappa shape index (κ3) is 5.71. The summed E-state index contributed by atoms with van der Waals surface area (Å²) in [6.07, 6.45) is 2.22. The zero-order valence-electron chi connectivity index (χ0n) is 24.2. The first-order chi connectivity index (χ1) is 21.6. The maximum absolute atomic E-state index is 14.8. The molecule has 1 saturated heterocycles. The molecule has 7 nitrogen and oxygen atoms in total. The Kier molecular flexibility index (Phi) is 7.63. The van der Waals surface area contributed by atoms with Crippen LogP contribution in [0.3, 0.4) is 0 Å². The van der Waals surface area contributed by atoms with E-state index in [0.717, 1.165) is 52.4 Å². The Labute approximate surface area is 256 Å². The lowest BCUT2D eigenvalue weighted by Gasteiger charge is -2.35. The van der Waals surface area contributed by atoms with Crippen LogP contribution in [0.2, 0.25) is 0 Å². The van der Waals surface area contributed by atoms with Crippen molar-refractivity contribution >= 4 is 23.4 Å². The van der Waals surface area contributed by atoms with E-state index in [1.54, 1.807) is 11.0 Å². The lowest BCUT2D eigenvalue weighted by molar-refractivity contribution is 0.0942. The number of aromatic nitrogens is 2. The number of amides is 1. The van der Waals surface area contributed by atoms with E-state index in [1.165, 1.54) is 6.07 Å². The molecule has 1 atom stereocenters. The lowest BCUT2D eigenvalue weighted by atomic mass is 9.78. The molecule has 0 radical (unpaired) electrons. The van der Waals surface area contributed by atoms with Gasteiger partial charge in [-0.15, -0.1) is 0 Å². The fourth-order valence-electron chi connectivity index (χ4n) is 6.07. The highest BCUT2D eigenvalue weighted by Gasteiger charge is 2.29. The minimum Gasteiger partial charge on any atom is -0.445 e. The number of anilines is 3. The maximum atomic E-state index is 14.8. The molecule has 0 bridgehead atoms. The fourth-order valence-corrected chi connectivity index (χ4v) is 6.07. The number of rotatable bonds is 6. The van der Waals surface area contributed by atoms with Crippen molar-refractivity contribution in [3.05, 3.63) is 137 Å². The predicted octanol–water partition coefficient (Wildman–Crippen LogP) is 7.17. The van der Waals surface area contributed by atoms with Gasteiger partial charge in [-0.3, -0.25) is 0 Å². The SMILES string of the molecule is O=C(OCc1ccccc1)N1CCN(c2ccc(Nc3ncc4c(n3)-c3ccccc3[C@H](c3ccccc3F)C4)cc2)CC1. The van der Waals surface area contributed by atoms with Crippen molar-refractivity contribution in [1.29, 1.82) is 0 Å². The number of nitrogens with zero attached hydrogens (tertiary/aromatic N) is 4. The molecular weight excluding hydrogens is 553 g/mol. The zero-order chi connectivity index (χ0) is 29.9. The Bertz CT molecular complexity index is 1770. The number of hydrogen-bond donors (Lipinski definition) is 1. The van der Waals surface area contributed by atoms with E-state index in [2.05, 4.69) is 39.5 Å². The fraction of sp³-hybridized carbons (Fsp3) is 0.194. The zero-order valence-corrected chi connectivity index (χ0v) is 24.2. The molecule has 1 N–H and O–H groups in total. The van der Waals surface area contributed by atoms with Crippen molar-refractivity contribution in [2.45, 2.75) is 18.9 Å². The monoisotopic (exact) mass is 585 g/mol. The van der Waals surface area contributed by atoms with Gasteiger partial charge in [0.1, 0.15) is 12.4 Å². The third-order valence-electron chi connectivity index (χ3n) is 8.39. The highest BCUT2D eigenvalue weighted by atomic mass is 19.1. The van der Waals surface area contributed by atoms with Gasteiger partial charge in [-0.2, -0.15) is 0 Å². The Morgan fingerprint density at radius 2 is 1.55 bits per heavy atom. The molecule has 2 heterocycles. The summed E-state index contributed by atoms with van der Waals surface area (Å²) < 4.78 is 20.3. The number of fused-ring (bicyclic) bond motifs is 3. The van der Waals surface area contributed by atoms with Crippen LogP contribution < -0.4 is 10.2 Å². The van der Waals surface area contributed by atoms with E-state index in [9.17, 15) is 9.18 Å². The summed E-state index contributed by atoms with van der Waals surface area (Å²) in [5.41, 5.74) is 7.60. The minimum atomic E-state index is -0.275. The molecule has 1 aromatic heterocycles. The van der Waals surface area contributed by atoms with Gasteiger partial charge < -0.3 is 19.9 Å². The topological polar surface area (TPSA) is 70.6 Å². The molecule has 8 heteroatoms. The van der Waals surface area contributed by atoms with Gasteiger partial charge in [0.2, 0.25) is 5.95 Å². The number of nitrogens with one attached hydrogen (secondary N) is 1. The van der Waals surface area contributed by atoms with E-state index in [0.29, 0.717) is 31.0 Å². The second-order valence-corrected chi connectivity index (χ2v) is 11.1. The first-order valence-corrected chi connectivity index (χ1v) is 14.9. The molecule has 1 aliphatic heterocycles. The number of carbonyl (C=O) groups is 1. The second kappa shape index (κ2) is 12.2. The predicted molar refractivity (Wildman–Crippen MR) is 170 cm³/mol. The molecule has 0 saturated carbocycles. The molecule has 2 aliphatic rings. The molecule has 220 valence electrons. The molecule has 5 aromatic rings. The average molecular weight is 586 g/mol. The van der Waals surface area contributed by atoms with Crippen molar-refractivity contribution < 1.29 is 13.9 Å². The van der Waals surface area contributed by atoms with E-state index < -0.39 is 0 Å². The third-order valence-corrected chi connectivity index (χ3v) is 8.39. The molecule has 7 rings (SSSR count). The van der Waals surface area contributed by atoms with Crippen molar-refractivity contribution in [1.82, 2.24) is 14.9 Å². The largest absolute Gasteiger partial charge is 0.445 e. The molecule has 44 heavy (non-hydrogen) atoms. The average Bonchev–Trinajstić information content (AvgIpc) is 3.08. The number of piperazine rings is 1. The van der Waals surface area contributed by atoms with Crippen LogP contribution in [0.25, 0.3) is 11.3 Å². The first kappa shape index (κ1) is 27.6. The van der Waals surface area contributed by atoms with Gasteiger partial charge >= 0.3 is 6.09 Å².